The lowest BCUT2D eigenvalue weighted by molar-refractivity contribution is -0.117. The van der Waals surface area contributed by atoms with Gasteiger partial charge in [0, 0.05) is 18.3 Å². The standard InChI is InChI=1S/C25H25N3O4/c1-3-32-21-12-11-17(14-22(21)31-2)20(15-24(29)27-23-10-6-7-13-26-23)28-16-18-8-4-5-9-19(18)25(28)30/h4-14,20H,3,15-16H2,1-2H3,(H,26,27,29). The topological polar surface area (TPSA) is 80.8 Å². The second-order valence-electron chi connectivity index (χ2n) is 7.42. The number of carbonyl (C=O) groups is 2. The van der Waals surface area contributed by atoms with Crippen LogP contribution in [-0.2, 0) is 11.3 Å². The average Bonchev–Trinajstić information content (AvgIpc) is 3.15. The molecule has 1 aliphatic heterocycles. The second-order valence-corrected chi connectivity index (χ2v) is 7.42. The van der Waals surface area contributed by atoms with Crippen molar-refractivity contribution in [3.05, 3.63) is 83.6 Å². The van der Waals surface area contributed by atoms with E-state index in [0.717, 1.165) is 11.1 Å². The van der Waals surface area contributed by atoms with Gasteiger partial charge in [-0.1, -0.05) is 30.3 Å². The van der Waals surface area contributed by atoms with Gasteiger partial charge in [0.05, 0.1) is 26.2 Å². The van der Waals surface area contributed by atoms with Crippen LogP contribution < -0.4 is 14.8 Å². The van der Waals surface area contributed by atoms with E-state index in [2.05, 4.69) is 10.3 Å². The van der Waals surface area contributed by atoms with E-state index in [0.29, 0.717) is 36.0 Å². The van der Waals surface area contributed by atoms with Gasteiger partial charge >= 0.3 is 0 Å². The van der Waals surface area contributed by atoms with Crippen molar-refractivity contribution in [3.8, 4) is 11.5 Å². The molecule has 0 saturated carbocycles. The molecule has 164 valence electrons. The normalized spacial score (nSPS) is 13.4. The van der Waals surface area contributed by atoms with Crippen LogP contribution in [0.15, 0.2) is 66.9 Å². The fourth-order valence-corrected chi connectivity index (χ4v) is 3.91. The number of hydrogen-bond donors (Lipinski definition) is 1. The molecule has 1 N–H and O–H groups in total. The maximum atomic E-state index is 13.2. The molecule has 1 aliphatic rings. The van der Waals surface area contributed by atoms with Crippen LogP contribution in [0, 0.1) is 0 Å². The number of benzene rings is 2. The summed E-state index contributed by atoms with van der Waals surface area (Å²) in [6.07, 6.45) is 1.69. The van der Waals surface area contributed by atoms with Crippen molar-refractivity contribution in [2.75, 3.05) is 19.0 Å². The number of carbonyl (C=O) groups excluding carboxylic acids is 2. The van der Waals surface area contributed by atoms with E-state index in [4.69, 9.17) is 9.47 Å². The molecule has 0 aliphatic carbocycles. The first-order chi connectivity index (χ1) is 15.6. The van der Waals surface area contributed by atoms with Gasteiger partial charge < -0.3 is 19.7 Å². The first-order valence-electron chi connectivity index (χ1n) is 10.5. The van der Waals surface area contributed by atoms with E-state index in [1.54, 1.807) is 36.4 Å². The quantitative estimate of drug-likeness (QED) is 0.578. The zero-order chi connectivity index (χ0) is 22.5. The lowest BCUT2D eigenvalue weighted by atomic mass is 10.0. The van der Waals surface area contributed by atoms with Gasteiger partial charge in [0.2, 0.25) is 5.91 Å². The number of fused-ring (bicyclic) bond motifs is 1. The van der Waals surface area contributed by atoms with E-state index in [1.165, 1.54) is 0 Å². The number of aromatic nitrogens is 1. The van der Waals surface area contributed by atoms with E-state index in [1.807, 2.05) is 49.4 Å². The van der Waals surface area contributed by atoms with E-state index in [-0.39, 0.29) is 18.2 Å². The minimum Gasteiger partial charge on any atom is -0.493 e. The molecule has 0 saturated heterocycles. The Bertz CT molecular complexity index is 1120. The maximum absolute atomic E-state index is 13.2. The zero-order valence-electron chi connectivity index (χ0n) is 18.1. The van der Waals surface area contributed by atoms with Crippen molar-refractivity contribution in [3.63, 3.8) is 0 Å². The van der Waals surface area contributed by atoms with Gasteiger partial charge in [-0.05, 0) is 48.4 Å². The van der Waals surface area contributed by atoms with Crippen molar-refractivity contribution in [1.29, 1.82) is 0 Å². The zero-order valence-corrected chi connectivity index (χ0v) is 18.1. The highest BCUT2D eigenvalue weighted by atomic mass is 16.5. The van der Waals surface area contributed by atoms with E-state index in [9.17, 15) is 9.59 Å². The van der Waals surface area contributed by atoms with Gasteiger partial charge in [-0.3, -0.25) is 9.59 Å². The third-order valence-corrected chi connectivity index (χ3v) is 5.41. The van der Waals surface area contributed by atoms with Crippen LogP contribution in [0.5, 0.6) is 11.5 Å². The summed E-state index contributed by atoms with van der Waals surface area (Å²) < 4.78 is 11.1. The lowest BCUT2D eigenvalue weighted by Crippen LogP contribution is -2.32. The van der Waals surface area contributed by atoms with Crippen LogP contribution in [0.25, 0.3) is 0 Å². The minimum absolute atomic E-state index is 0.0768. The number of methoxy groups -OCH3 is 1. The molecule has 4 rings (SSSR count). The summed E-state index contributed by atoms with van der Waals surface area (Å²) in [6, 6.07) is 17.9. The number of amides is 2. The second kappa shape index (κ2) is 9.51. The molecule has 0 bridgehead atoms. The Labute approximate surface area is 187 Å². The number of anilines is 1. The number of hydrogen-bond acceptors (Lipinski definition) is 5. The van der Waals surface area contributed by atoms with Gasteiger partial charge in [-0.15, -0.1) is 0 Å². The summed E-state index contributed by atoms with van der Waals surface area (Å²) in [5.41, 5.74) is 2.41. The molecule has 7 nitrogen and oxygen atoms in total. The summed E-state index contributed by atoms with van der Waals surface area (Å²) in [4.78, 5) is 32.0. The van der Waals surface area contributed by atoms with Crippen LogP contribution >= 0.6 is 0 Å². The van der Waals surface area contributed by atoms with Crippen LogP contribution in [0.1, 0.15) is 40.9 Å². The first-order valence-corrected chi connectivity index (χ1v) is 10.5. The Morgan fingerprint density at radius 3 is 2.66 bits per heavy atom. The van der Waals surface area contributed by atoms with Crippen LogP contribution in [-0.4, -0.2) is 35.4 Å². The summed E-state index contributed by atoms with van der Waals surface area (Å²) in [5.74, 6) is 1.32. The number of ether oxygens (including phenoxy) is 2. The predicted octanol–water partition coefficient (Wildman–Crippen LogP) is 4.21. The molecule has 0 spiro atoms. The van der Waals surface area contributed by atoms with Gasteiger partial charge in [0.15, 0.2) is 11.5 Å². The number of nitrogens with zero attached hydrogens (tertiary/aromatic N) is 2. The Morgan fingerprint density at radius 2 is 1.94 bits per heavy atom. The number of rotatable bonds is 8. The molecule has 1 atom stereocenters. The Balaban J connectivity index is 1.66. The van der Waals surface area contributed by atoms with Gasteiger partial charge in [-0.25, -0.2) is 4.98 Å². The van der Waals surface area contributed by atoms with Crippen molar-refractivity contribution in [1.82, 2.24) is 9.88 Å². The van der Waals surface area contributed by atoms with Gasteiger partial charge in [0.1, 0.15) is 5.82 Å². The highest BCUT2D eigenvalue weighted by Crippen LogP contribution is 2.37. The van der Waals surface area contributed by atoms with E-state index < -0.39 is 6.04 Å². The molecular weight excluding hydrogens is 406 g/mol. The third-order valence-electron chi connectivity index (χ3n) is 5.41. The first kappa shape index (κ1) is 21.4. The fourth-order valence-electron chi connectivity index (χ4n) is 3.91. The number of pyridine rings is 1. The lowest BCUT2D eigenvalue weighted by Gasteiger charge is -2.28. The third kappa shape index (κ3) is 4.42. The molecule has 0 fully saturated rings. The fraction of sp³-hybridized carbons (Fsp3) is 0.240. The molecule has 1 aromatic heterocycles. The smallest absolute Gasteiger partial charge is 0.255 e. The molecule has 2 aromatic carbocycles. The molecule has 2 amide bonds. The van der Waals surface area contributed by atoms with Crippen molar-refractivity contribution in [2.45, 2.75) is 25.9 Å². The van der Waals surface area contributed by atoms with Crippen LogP contribution in [0.2, 0.25) is 0 Å². The summed E-state index contributed by atoms with van der Waals surface area (Å²) in [5, 5.41) is 2.82. The Kier molecular flexibility index (Phi) is 6.35. The molecule has 0 radical (unpaired) electrons. The molecular formula is C25H25N3O4. The maximum Gasteiger partial charge on any atom is 0.255 e. The highest BCUT2D eigenvalue weighted by Gasteiger charge is 2.35. The SMILES string of the molecule is CCOc1ccc(C(CC(=O)Nc2ccccn2)N2Cc3ccccc3C2=O)cc1OC. The van der Waals surface area contributed by atoms with Crippen LogP contribution in [0.4, 0.5) is 5.82 Å². The van der Waals surface area contributed by atoms with Gasteiger partial charge in [0.25, 0.3) is 5.91 Å². The molecule has 2 heterocycles. The molecule has 7 heteroatoms. The molecule has 3 aromatic rings. The highest BCUT2D eigenvalue weighted by molar-refractivity contribution is 5.99. The van der Waals surface area contributed by atoms with Crippen molar-refractivity contribution >= 4 is 17.6 Å². The number of nitrogens with one attached hydrogen (secondary N) is 1. The van der Waals surface area contributed by atoms with E-state index >= 15 is 0 Å². The summed E-state index contributed by atoms with van der Waals surface area (Å²) in [7, 11) is 1.57. The van der Waals surface area contributed by atoms with Crippen molar-refractivity contribution in [2.24, 2.45) is 0 Å². The summed E-state index contributed by atoms with van der Waals surface area (Å²) >= 11 is 0. The Hall–Kier alpha value is -3.87. The monoisotopic (exact) mass is 431 g/mol. The largest absolute Gasteiger partial charge is 0.493 e. The minimum atomic E-state index is -0.483. The van der Waals surface area contributed by atoms with Crippen molar-refractivity contribution < 1.29 is 19.1 Å². The Morgan fingerprint density at radius 1 is 1.12 bits per heavy atom. The summed E-state index contributed by atoms with van der Waals surface area (Å²) in [6.45, 7) is 2.84. The van der Waals surface area contributed by atoms with Gasteiger partial charge in [-0.2, -0.15) is 0 Å². The molecule has 32 heavy (non-hydrogen) atoms. The average molecular weight is 431 g/mol. The molecule has 1 unspecified atom stereocenters. The van der Waals surface area contributed by atoms with Crippen LogP contribution in [0.3, 0.4) is 0 Å². The predicted molar refractivity (Wildman–Crippen MR) is 121 cm³/mol.